The van der Waals surface area contributed by atoms with Crippen LogP contribution in [-0.2, 0) is 15.4 Å². The van der Waals surface area contributed by atoms with Crippen molar-refractivity contribution in [2.24, 2.45) is 10.7 Å². The summed E-state index contributed by atoms with van der Waals surface area (Å²) >= 11 is 0. The number of aliphatic imine (C=N–C) groups is 1. The number of fused-ring (bicyclic) bond motifs is 1. The quantitative estimate of drug-likeness (QED) is 0.719. The van der Waals surface area contributed by atoms with Crippen molar-refractivity contribution in [3.63, 3.8) is 0 Å². The van der Waals surface area contributed by atoms with E-state index in [4.69, 9.17) is 15.2 Å². The number of nitrogens with two attached hydrogens (primary N) is 1. The number of pyridine rings is 1. The first-order chi connectivity index (χ1) is 15.4. The molecule has 1 aromatic heterocycles. The maximum Gasteiger partial charge on any atom is 0.230 e. The van der Waals surface area contributed by atoms with Crippen LogP contribution in [0.3, 0.4) is 0 Å². The minimum Gasteiger partial charge on any atom is -0.486 e. The van der Waals surface area contributed by atoms with Crippen LogP contribution in [0, 0.1) is 5.82 Å². The Morgan fingerprint density at radius 3 is 2.55 bits per heavy atom. The van der Waals surface area contributed by atoms with E-state index in [1.807, 2.05) is 0 Å². The highest BCUT2D eigenvalue weighted by atomic mass is 32.2. The Labute approximate surface area is 189 Å². The van der Waals surface area contributed by atoms with Crippen LogP contribution < -0.4 is 15.2 Å². The van der Waals surface area contributed by atoms with Crippen molar-refractivity contribution in [2.45, 2.75) is 36.6 Å². The van der Waals surface area contributed by atoms with Gasteiger partial charge in [0.05, 0.1) is 6.20 Å². The highest BCUT2D eigenvalue weighted by Gasteiger charge is 2.57. The summed E-state index contributed by atoms with van der Waals surface area (Å²) in [6, 6.07) is 4.76. The van der Waals surface area contributed by atoms with E-state index in [1.165, 1.54) is 32.2 Å². The molecule has 0 aliphatic carbocycles. The van der Waals surface area contributed by atoms with Crippen LogP contribution in [0.2, 0.25) is 0 Å². The zero-order valence-electron chi connectivity index (χ0n) is 18.1. The van der Waals surface area contributed by atoms with E-state index < -0.39 is 37.3 Å². The molecule has 3 heterocycles. The summed E-state index contributed by atoms with van der Waals surface area (Å²) in [4.78, 5) is 8.03. The third-order valence-electron chi connectivity index (χ3n) is 5.90. The predicted octanol–water partition coefficient (Wildman–Crippen LogP) is 3.53. The van der Waals surface area contributed by atoms with Crippen molar-refractivity contribution in [3.8, 4) is 11.5 Å². The van der Waals surface area contributed by atoms with Crippen molar-refractivity contribution in [1.29, 1.82) is 0 Å². The number of hydrogen-bond donors (Lipinski definition) is 1. The standard InChI is InChI=1S/C22H22F3N3O4S/c1-21(2)20(26)28-22(3,19(25)33(21,29)30)13-8-12(4-5-14(13)23)9-15(24)16-10-17-18(11-27-16)32-7-6-31-17/h4-5,8-11,19H,6-7H2,1-3H3,(H2,26,28)/b15-9-/t19-,22+/m0/s1. The summed E-state index contributed by atoms with van der Waals surface area (Å²) in [5.41, 5.74) is 0.849. The normalized spacial score (nSPS) is 25.9. The van der Waals surface area contributed by atoms with E-state index in [0.29, 0.717) is 24.7 Å². The number of aromatic nitrogens is 1. The van der Waals surface area contributed by atoms with Gasteiger partial charge >= 0.3 is 0 Å². The van der Waals surface area contributed by atoms with E-state index >= 15 is 4.39 Å². The molecule has 0 radical (unpaired) electrons. The van der Waals surface area contributed by atoms with Crippen LogP contribution in [0.5, 0.6) is 11.5 Å². The van der Waals surface area contributed by atoms with Crippen molar-refractivity contribution in [3.05, 3.63) is 53.1 Å². The molecular formula is C22H22F3N3O4S. The third-order valence-corrected chi connectivity index (χ3v) is 8.53. The van der Waals surface area contributed by atoms with Crippen LogP contribution in [0.15, 0.2) is 35.5 Å². The van der Waals surface area contributed by atoms with Crippen molar-refractivity contribution < 1.29 is 31.1 Å². The van der Waals surface area contributed by atoms with Crippen LogP contribution in [0.4, 0.5) is 13.2 Å². The molecule has 33 heavy (non-hydrogen) atoms. The zero-order valence-corrected chi connectivity index (χ0v) is 18.9. The van der Waals surface area contributed by atoms with Gasteiger partial charge < -0.3 is 15.2 Å². The Morgan fingerprint density at radius 1 is 1.18 bits per heavy atom. The smallest absolute Gasteiger partial charge is 0.230 e. The molecule has 2 aromatic rings. The van der Waals surface area contributed by atoms with E-state index in [2.05, 4.69) is 9.98 Å². The molecule has 4 rings (SSSR count). The Morgan fingerprint density at radius 2 is 1.85 bits per heavy atom. The Bertz CT molecular complexity index is 1290. The Hall–Kier alpha value is -3.08. The number of sulfone groups is 1. The fraction of sp³-hybridized carbons (Fsp3) is 0.364. The fourth-order valence-corrected chi connectivity index (χ4v) is 5.28. The average Bonchev–Trinajstić information content (AvgIpc) is 2.78. The van der Waals surface area contributed by atoms with Crippen molar-refractivity contribution in [1.82, 2.24) is 4.98 Å². The Kier molecular flexibility index (Phi) is 5.43. The lowest BCUT2D eigenvalue weighted by atomic mass is 9.90. The second-order valence-electron chi connectivity index (χ2n) is 8.46. The molecule has 0 amide bonds. The van der Waals surface area contributed by atoms with E-state index in [9.17, 15) is 17.2 Å². The highest BCUT2D eigenvalue weighted by Crippen LogP contribution is 2.44. The minimum absolute atomic E-state index is 0.0519. The lowest BCUT2D eigenvalue weighted by Gasteiger charge is -2.40. The predicted molar refractivity (Wildman–Crippen MR) is 117 cm³/mol. The van der Waals surface area contributed by atoms with Gasteiger partial charge in [-0.1, -0.05) is 6.07 Å². The number of hydrogen-bond acceptors (Lipinski definition) is 7. The molecule has 0 saturated carbocycles. The summed E-state index contributed by atoms with van der Waals surface area (Å²) < 4.78 is 79.5. The summed E-state index contributed by atoms with van der Waals surface area (Å²) in [5.74, 6) is -1.29. The molecule has 2 aliphatic heterocycles. The molecular weight excluding hydrogens is 459 g/mol. The summed E-state index contributed by atoms with van der Waals surface area (Å²) in [6.07, 6.45) is 2.39. The minimum atomic E-state index is -4.46. The molecule has 2 N–H and O–H groups in total. The third kappa shape index (κ3) is 3.64. The molecule has 2 atom stereocenters. The van der Waals surface area contributed by atoms with E-state index in [1.54, 1.807) is 0 Å². The largest absolute Gasteiger partial charge is 0.486 e. The highest BCUT2D eigenvalue weighted by molar-refractivity contribution is 7.94. The number of halogens is 3. The topological polar surface area (TPSA) is 104 Å². The number of alkyl halides is 1. The van der Waals surface area contributed by atoms with Gasteiger partial charge in [-0.05, 0) is 44.5 Å². The van der Waals surface area contributed by atoms with Gasteiger partial charge in [-0.25, -0.2) is 26.6 Å². The first-order valence-electron chi connectivity index (χ1n) is 10.0. The fourth-order valence-electron chi connectivity index (χ4n) is 3.64. The first kappa shape index (κ1) is 23.1. The second kappa shape index (κ2) is 7.75. The molecule has 7 nitrogen and oxygen atoms in total. The molecule has 0 fully saturated rings. The van der Waals surface area contributed by atoms with Crippen LogP contribution in [0.25, 0.3) is 11.9 Å². The molecule has 0 spiro atoms. The van der Waals surface area contributed by atoms with E-state index in [0.717, 1.165) is 25.1 Å². The molecule has 176 valence electrons. The second-order valence-corrected chi connectivity index (χ2v) is 11.0. The molecule has 11 heteroatoms. The summed E-state index contributed by atoms with van der Waals surface area (Å²) in [7, 11) is -4.46. The maximum atomic E-state index is 15.3. The molecule has 0 unspecified atom stereocenters. The van der Waals surface area contributed by atoms with Crippen LogP contribution >= 0.6 is 0 Å². The van der Waals surface area contributed by atoms with E-state index in [-0.39, 0.29) is 22.7 Å². The molecule has 0 bridgehead atoms. The number of ether oxygens (including phenoxy) is 2. The number of rotatable bonds is 3. The van der Waals surface area contributed by atoms with Gasteiger partial charge in [0.25, 0.3) is 0 Å². The molecule has 2 aliphatic rings. The summed E-state index contributed by atoms with van der Waals surface area (Å²) in [5, 5.41) is 0. The van der Waals surface area contributed by atoms with Gasteiger partial charge in [0.2, 0.25) is 5.50 Å². The first-order valence-corrected chi connectivity index (χ1v) is 11.6. The Balaban J connectivity index is 1.77. The molecule has 0 saturated heterocycles. The van der Waals surface area contributed by atoms with Crippen LogP contribution in [0.1, 0.15) is 37.6 Å². The zero-order chi connectivity index (χ0) is 24.2. The van der Waals surface area contributed by atoms with Gasteiger partial charge in [-0.15, -0.1) is 0 Å². The van der Waals surface area contributed by atoms with Crippen molar-refractivity contribution >= 4 is 27.6 Å². The summed E-state index contributed by atoms with van der Waals surface area (Å²) in [6.45, 7) is 4.29. The van der Waals surface area contributed by atoms with Gasteiger partial charge in [-0.2, -0.15) is 0 Å². The average molecular weight is 481 g/mol. The number of amidine groups is 1. The molecule has 1 aromatic carbocycles. The lowest BCUT2D eigenvalue weighted by molar-refractivity contribution is 0.170. The van der Waals surface area contributed by atoms with Gasteiger partial charge in [0.1, 0.15) is 46.7 Å². The van der Waals surface area contributed by atoms with Gasteiger partial charge in [0.15, 0.2) is 21.3 Å². The number of benzene rings is 1. The number of nitrogens with zero attached hydrogens (tertiary/aromatic N) is 2. The maximum absolute atomic E-state index is 15.3. The SMILES string of the molecule is CC1(C)C(N)=N[C@](C)(c2cc(/C=C(\F)c3cc4c(cn3)OCCO4)ccc2F)[C@@H](F)S1(=O)=O. The van der Waals surface area contributed by atoms with Gasteiger partial charge in [-0.3, -0.25) is 4.99 Å². The lowest BCUT2D eigenvalue weighted by Crippen LogP contribution is -2.58. The van der Waals surface area contributed by atoms with Gasteiger partial charge in [0, 0.05) is 11.6 Å². The monoisotopic (exact) mass is 481 g/mol. The van der Waals surface area contributed by atoms with Crippen LogP contribution in [-0.4, -0.2) is 42.7 Å². The van der Waals surface area contributed by atoms with Crippen molar-refractivity contribution in [2.75, 3.05) is 13.2 Å².